The van der Waals surface area contributed by atoms with Crippen LogP contribution in [0, 0.1) is 18.3 Å². The first-order valence-electron chi connectivity index (χ1n) is 6.77. The summed E-state index contributed by atoms with van der Waals surface area (Å²) in [5.41, 5.74) is 8.06. The summed E-state index contributed by atoms with van der Waals surface area (Å²) < 4.78 is 0. The van der Waals surface area contributed by atoms with Gasteiger partial charge < -0.3 is 11.1 Å². The van der Waals surface area contributed by atoms with Gasteiger partial charge in [0.2, 0.25) is 5.91 Å². The molecule has 1 aromatic carbocycles. The molecule has 0 saturated heterocycles. The van der Waals surface area contributed by atoms with E-state index in [2.05, 4.69) is 11.4 Å². The van der Waals surface area contributed by atoms with Gasteiger partial charge in [-0.05, 0) is 38.1 Å². The van der Waals surface area contributed by atoms with Gasteiger partial charge in [0.1, 0.15) is 0 Å². The van der Waals surface area contributed by atoms with Crippen molar-refractivity contribution in [2.24, 2.45) is 0 Å². The number of likely N-dealkylation sites (N-methyl/N-ethyl adjacent to an activating group) is 1. The van der Waals surface area contributed by atoms with Gasteiger partial charge in [-0.3, -0.25) is 9.69 Å². The Morgan fingerprint density at radius 1 is 1.55 bits per heavy atom. The molecule has 0 heterocycles. The summed E-state index contributed by atoms with van der Waals surface area (Å²) >= 11 is 0. The third kappa shape index (κ3) is 4.25. The van der Waals surface area contributed by atoms with Crippen molar-refractivity contribution in [3.63, 3.8) is 0 Å². The third-order valence-electron chi connectivity index (χ3n) is 3.36. The van der Waals surface area contributed by atoms with Crippen molar-refractivity contribution in [2.75, 3.05) is 24.1 Å². The van der Waals surface area contributed by atoms with Gasteiger partial charge in [0, 0.05) is 24.3 Å². The predicted molar refractivity (Wildman–Crippen MR) is 81.2 cm³/mol. The van der Waals surface area contributed by atoms with Crippen LogP contribution in [-0.2, 0) is 4.79 Å². The van der Waals surface area contributed by atoms with Crippen LogP contribution in [0.25, 0.3) is 0 Å². The number of benzene rings is 1. The van der Waals surface area contributed by atoms with E-state index in [0.717, 1.165) is 17.8 Å². The highest BCUT2D eigenvalue weighted by Crippen LogP contribution is 2.18. The molecule has 1 amide bonds. The molecule has 0 bridgehead atoms. The summed E-state index contributed by atoms with van der Waals surface area (Å²) in [4.78, 5) is 14.2. The third-order valence-corrected chi connectivity index (χ3v) is 3.36. The lowest BCUT2D eigenvalue weighted by Crippen LogP contribution is -2.42. The summed E-state index contributed by atoms with van der Waals surface area (Å²) in [5, 5.41) is 11.5. The topological polar surface area (TPSA) is 82.2 Å². The standard InChI is InChI=1S/C15H22N4O/c1-4-19(9-5-8-16)12(3)15(20)18-14-10-13(17)7-6-11(14)2/h6-7,10,12H,4-5,9,17H2,1-3H3,(H,18,20). The van der Waals surface area contributed by atoms with Crippen molar-refractivity contribution in [3.05, 3.63) is 23.8 Å². The molecule has 20 heavy (non-hydrogen) atoms. The number of carbonyl (C=O) groups excluding carboxylic acids is 1. The number of rotatable bonds is 6. The van der Waals surface area contributed by atoms with Crippen LogP contribution in [-0.4, -0.2) is 29.9 Å². The highest BCUT2D eigenvalue weighted by Gasteiger charge is 2.20. The first-order chi connectivity index (χ1) is 9.49. The number of nitrogens with one attached hydrogen (secondary N) is 1. The summed E-state index contributed by atoms with van der Waals surface area (Å²) in [6.07, 6.45) is 0.419. The van der Waals surface area contributed by atoms with E-state index in [9.17, 15) is 4.79 Å². The predicted octanol–water partition coefficient (Wildman–Crippen LogP) is 2.14. The van der Waals surface area contributed by atoms with Crippen LogP contribution in [0.5, 0.6) is 0 Å². The van der Waals surface area contributed by atoms with E-state index in [1.54, 1.807) is 12.1 Å². The highest BCUT2D eigenvalue weighted by atomic mass is 16.2. The molecule has 108 valence electrons. The van der Waals surface area contributed by atoms with Gasteiger partial charge in [0.25, 0.3) is 0 Å². The Bertz CT molecular complexity index is 507. The van der Waals surface area contributed by atoms with Crippen LogP contribution in [0.2, 0.25) is 0 Å². The molecule has 5 heteroatoms. The monoisotopic (exact) mass is 274 g/mol. The Morgan fingerprint density at radius 3 is 2.85 bits per heavy atom. The van der Waals surface area contributed by atoms with Crippen molar-refractivity contribution in [1.29, 1.82) is 5.26 Å². The van der Waals surface area contributed by atoms with Crippen LogP contribution in [0.1, 0.15) is 25.8 Å². The van der Waals surface area contributed by atoms with Gasteiger partial charge >= 0.3 is 0 Å². The summed E-state index contributed by atoms with van der Waals surface area (Å²) in [7, 11) is 0. The SMILES string of the molecule is CCN(CCC#N)C(C)C(=O)Nc1cc(N)ccc1C. The largest absolute Gasteiger partial charge is 0.399 e. The molecule has 0 spiro atoms. The van der Waals surface area contributed by atoms with E-state index in [4.69, 9.17) is 11.0 Å². The quantitative estimate of drug-likeness (QED) is 0.779. The van der Waals surface area contributed by atoms with Crippen molar-refractivity contribution in [3.8, 4) is 6.07 Å². The van der Waals surface area contributed by atoms with Crippen LogP contribution < -0.4 is 11.1 Å². The summed E-state index contributed by atoms with van der Waals surface area (Å²) in [5.74, 6) is -0.0847. The fraction of sp³-hybridized carbons (Fsp3) is 0.467. The van der Waals surface area contributed by atoms with E-state index in [0.29, 0.717) is 18.7 Å². The first-order valence-corrected chi connectivity index (χ1v) is 6.77. The molecular formula is C15H22N4O. The molecule has 0 aromatic heterocycles. The number of amides is 1. The molecule has 1 rings (SSSR count). The number of nitriles is 1. The van der Waals surface area contributed by atoms with Gasteiger partial charge in [0.15, 0.2) is 0 Å². The van der Waals surface area contributed by atoms with E-state index < -0.39 is 0 Å². The highest BCUT2D eigenvalue weighted by molar-refractivity contribution is 5.95. The van der Waals surface area contributed by atoms with E-state index in [1.165, 1.54) is 0 Å². The number of anilines is 2. The van der Waals surface area contributed by atoms with E-state index in [-0.39, 0.29) is 11.9 Å². The maximum atomic E-state index is 12.3. The minimum absolute atomic E-state index is 0.0847. The number of hydrogen-bond donors (Lipinski definition) is 2. The van der Waals surface area contributed by atoms with Gasteiger partial charge in [-0.25, -0.2) is 0 Å². The normalized spacial score (nSPS) is 11.9. The molecule has 3 N–H and O–H groups in total. The molecule has 5 nitrogen and oxygen atoms in total. The van der Waals surface area contributed by atoms with Crippen LogP contribution >= 0.6 is 0 Å². The van der Waals surface area contributed by atoms with Crippen LogP contribution in [0.15, 0.2) is 18.2 Å². The number of aryl methyl sites for hydroxylation is 1. The molecule has 1 aromatic rings. The van der Waals surface area contributed by atoms with Crippen LogP contribution in [0.3, 0.4) is 0 Å². The molecule has 0 aliphatic rings. The Kier molecular flexibility index (Phi) is 6.01. The second-order valence-electron chi connectivity index (χ2n) is 4.78. The fourth-order valence-electron chi connectivity index (χ4n) is 2.00. The number of carbonyl (C=O) groups is 1. The molecular weight excluding hydrogens is 252 g/mol. The molecule has 1 unspecified atom stereocenters. The molecule has 0 aliphatic carbocycles. The van der Waals surface area contributed by atoms with Crippen molar-refractivity contribution >= 4 is 17.3 Å². The lowest BCUT2D eigenvalue weighted by Gasteiger charge is -2.26. The number of hydrogen-bond acceptors (Lipinski definition) is 4. The number of nitrogen functional groups attached to an aromatic ring is 1. The van der Waals surface area contributed by atoms with Crippen LogP contribution in [0.4, 0.5) is 11.4 Å². The fourth-order valence-corrected chi connectivity index (χ4v) is 2.00. The summed E-state index contributed by atoms with van der Waals surface area (Å²) in [6.45, 7) is 7.07. The Balaban J connectivity index is 2.74. The molecule has 0 aliphatic heterocycles. The van der Waals surface area contributed by atoms with Gasteiger partial charge in [0.05, 0.1) is 12.1 Å². The Morgan fingerprint density at radius 2 is 2.25 bits per heavy atom. The minimum Gasteiger partial charge on any atom is -0.399 e. The molecule has 0 saturated carbocycles. The zero-order chi connectivity index (χ0) is 15.1. The van der Waals surface area contributed by atoms with Gasteiger partial charge in [-0.2, -0.15) is 5.26 Å². The average Bonchev–Trinajstić information content (AvgIpc) is 2.43. The maximum Gasteiger partial charge on any atom is 0.241 e. The second kappa shape index (κ2) is 7.51. The zero-order valence-electron chi connectivity index (χ0n) is 12.3. The zero-order valence-corrected chi connectivity index (χ0v) is 12.3. The average molecular weight is 274 g/mol. The van der Waals surface area contributed by atoms with E-state index >= 15 is 0 Å². The Hall–Kier alpha value is -2.06. The lowest BCUT2D eigenvalue weighted by atomic mass is 10.1. The van der Waals surface area contributed by atoms with Crippen molar-refractivity contribution in [1.82, 2.24) is 4.90 Å². The molecule has 0 fully saturated rings. The smallest absolute Gasteiger partial charge is 0.241 e. The van der Waals surface area contributed by atoms with E-state index in [1.807, 2.05) is 31.7 Å². The van der Waals surface area contributed by atoms with Crippen molar-refractivity contribution < 1.29 is 4.79 Å². The summed E-state index contributed by atoms with van der Waals surface area (Å²) in [6, 6.07) is 7.26. The lowest BCUT2D eigenvalue weighted by molar-refractivity contribution is -0.120. The number of nitrogens with zero attached hydrogens (tertiary/aromatic N) is 2. The maximum absolute atomic E-state index is 12.3. The second-order valence-corrected chi connectivity index (χ2v) is 4.78. The number of nitrogens with two attached hydrogens (primary N) is 1. The Labute approximate surface area is 120 Å². The molecule has 1 atom stereocenters. The van der Waals surface area contributed by atoms with Crippen molar-refractivity contribution in [2.45, 2.75) is 33.2 Å². The minimum atomic E-state index is -0.283. The molecule has 0 radical (unpaired) electrons. The first kappa shape index (κ1) is 16.0. The van der Waals surface area contributed by atoms with Gasteiger partial charge in [-0.15, -0.1) is 0 Å². The van der Waals surface area contributed by atoms with Gasteiger partial charge in [-0.1, -0.05) is 13.0 Å².